The number of carbonyl (C=O) groups is 1. The number of nitrogens with zero attached hydrogens (tertiary/aromatic N) is 2. The highest BCUT2D eigenvalue weighted by Gasteiger charge is 2.05. The number of benzene rings is 1. The molecule has 2 heterocycles. The molecule has 3 aromatic rings. The molecule has 0 bridgehead atoms. The quantitative estimate of drug-likeness (QED) is 0.691. The van der Waals surface area contributed by atoms with Gasteiger partial charge in [-0.1, -0.05) is 12.1 Å². The van der Waals surface area contributed by atoms with Crippen molar-refractivity contribution in [1.29, 1.82) is 0 Å². The van der Waals surface area contributed by atoms with Crippen molar-refractivity contribution in [2.24, 2.45) is 0 Å². The maximum atomic E-state index is 13.1. The van der Waals surface area contributed by atoms with Crippen molar-refractivity contribution < 1.29 is 13.9 Å². The van der Waals surface area contributed by atoms with E-state index in [1.165, 1.54) is 25.3 Å². The summed E-state index contributed by atoms with van der Waals surface area (Å²) < 4.78 is 18.7. The first-order valence-electron chi connectivity index (χ1n) is 6.76. The maximum absolute atomic E-state index is 13.1. The second-order valence-electron chi connectivity index (χ2n) is 4.91. The Kier molecular flexibility index (Phi) is 3.78. The molecule has 0 fully saturated rings. The molecule has 0 N–H and O–H groups in total. The molecular weight excluding hydrogens is 283 g/mol. The van der Waals surface area contributed by atoms with Gasteiger partial charge in [0.15, 0.2) is 5.78 Å². The van der Waals surface area contributed by atoms with Crippen LogP contribution in [-0.2, 0) is 6.61 Å². The molecule has 0 saturated heterocycles. The third-order valence-corrected chi connectivity index (χ3v) is 3.21. The van der Waals surface area contributed by atoms with Crippen LogP contribution in [0, 0.1) is 5.82 Å². The number of halogens is 1. The van der Waals surface area contributed by atoms with Crippen LogP contribution in [0.3, 0.4) is 0 Å². The largest absolute Gasteiger partial charge is 0.487 e. The van der Waals surface area contributed by atoms with Gasteiger partial charge in [0.1, 0.15) is 18.2 Å². The fraction of sp³-hybridized carbons (Fsp3) is 0.118. The summed E-state index contributed by atoms with van der Waals surface area (Å²) in [7, 11) is 0. The summed E-state index contributed by atoms with van der Waals surface area (Å²) in [5.41, 5.74) is 2.53. The number of carbonyl (C=O) groups excluding carboxylic acids is 1. The molecule has 110 valence electrons. The summed E-state index contributed by atoms with van der Waals surface area (Å²) >= 11 is 0. The van der Waals surface area contributed by atoms with Gasteiger partial charge in [0, 0.05) is 17.8 Å². The highest BCUT2D eigenvalue weighted by atomic mass is 19.1. The Hall–Kier alpha value is -2.82. The van der Waals surface area contributed by atoms with Crippen molar-refractivity contribution >= 4 is 16.8 Å². The van der Waals surface area contributed by atoms with Crippen LogP contribution in [0.15, 0.2) is 48.8 Å². The molecule has 0 saturated carbocycles. The molecule has 1 aromatic carbocycles. The van der Waals surface area contributed by atoms with E-state index in [9.17, 15) is 9.18 Å². The van der Waals surface area contributed by atoms with E-state index >= 15 is 0 Å². The Morgan fingerprint density at radius 3 is 2.68 bits per heavy atom. The lowest BCUT2D eigenvalue weighted by molar-refractivity contribution is 0.101. The maximum Gasteiger partial charge on any atom is 0.161 e. The lowest BCUT2D eigenvalue weighted by Gasteiger charge is -2.07. The highest BCUT2D eigenvalue weighted by molar-refractivity contribution is 5.96. The Labute approximate surface area is 126 Å². The fourth-order valence-corrected chi connectivity index (χ4v) is 2.05. The van der Waals surface area contributed by atoms with E-state index in [0.717, 1.165) is 5.56 Å². The number of aromatic nitrogens is 2. The van der Waals surface area contributed by atoms with Crippen molar-refractivity contribution in [3.63, 3.8) is 0 Å². The van der Waals surface area contributed by atoms with Crippen molar-refractivity contribution in [3.05, 3.63) is 65.7 Å². The molecule has 3 rings (SSSR count). The van der Waals surface area contributed by atoms with Crippen LogP contribution in [0.25, 0.3) is 11.0 Å². The van der Waals surface area contributed by atoms with Crippen molar-refractivity contribution in [1.82, 2.24) is 9.97 Å². The number of hydrogen-bond acceptors (Lipinski definition) is 4. The van der Waals surface area contributed by atoms with Crippen LogP contribution < -0.4 is 4.74 Å². The molecule has 0 amide bonds. The minimum absolute atomic E-state index is 0.0531. The zero-order chi connectivity index (χ0) is 15.5. The molecular formula is C17H13FN2O2. The average molecular weight is 296 g/mol. The Morgan fingerprint density at radius 2 is 1.91 bits per heavy atom. The van der Waals surface area contributed by atoms with Crippen LogP contribution in [0.2, 0.25) is 0 Å². The zero-order valence-corrected chi connectivity index (χ0v) is 11.9. The van der Waals surface area contributed by atoms with Gasteiger partial charge in [0.25, 0.3) is 0 Å². The van der Waals surface area contributed by atoms with E-state index in [0.29, 0.717) is 22.3 Å². The molecule has 22 heavy (non-hydrogen) atoms. The molecule has 2 aromatic heterocycles. The van der Waals surface area contributed by atoms with Crippen molar-refractivity contribution in [2.75, 3.05) is 0 Å². The molecule has 0 spiro atoms. The minimum atomic E-state index is -0.295. The number of ketones is 1. The number of pyridine rings is 2. The third kappa shape index (κ3) is 3.09. The van der Waals surface area contributed by atoms with Gasteiger partial charge < -0.3 is 4.74 Å². The number of Topliss-reactive ketones (excluding diaryl/α,β-unsaturated/α-hetero) is 1. The number of ether oxygens (including phenoxy) is 1. The van der Waals surface area contributed by atoms with Gasteiger partial charge in [0.2, 0.25) is 0 Å². The molecule has 0 radical (unpaired) electrons. The third-order valence-electron chi connectivity index (χ3n) is 3.21. The summed E-state index contributed by atoms with van der Waals surface area (Å²) in [6.45, 7) is 1.73. The molecule has 0 aliphatic rings. The van der Waals surface area contributed by atoms with Crippen LogP contribution >= 0.6 is 0 Å². The van der Waals surface area contributed by atoms with E-state index in [-0.39, 0.29) is 18.2 Å². The van der Waals surface area contributed by atoms with E-state index in [4.69, 9.17) is 4.74 Å². The van der Waals surface area contributed by atoms with Crippen LogP contribution in [0.5, 0.6) is 5.75 Å². The second-order valence-corrected chi connectivity index (χ2v) is 4.91. The lowest BCUT2D eigenvalue weighted by Crippen LogP contribution is -1.98. The van der Waals surface area contributed by atoms with Gasteiger partial charge in [-0.3, -0.25) is 14.8 Å². The molecule has 5 heteroatoms. The molecule has 0 unspecified atom stereocenters. The minimum Gasteiger partial charge on any atom is -0.487 e. The Bertz CT molecular complexity index is 849. The molecule has 0 aliphatic heterocycles. The van der Waals surface area contributed by atoms with Gasteiger partial charge in [-0.15, -0.1) is 0 Å². The van der Waals surface area contributed by atoms with E-state index < -0.39 is 0 Å². The Balaban J connectivity index is 1.80. The number of rotatable bonds is 4. The number of fused-ring (bicyclic) bond motifs is 1. The Morgan fingerprint density at radius 1 is 1.14 bits per heavy atom. The van der Waals surface area contributed by atoms with Crippen LogP contribution in [0.4, 0.5) is 4.39 Å². The van der Waals surface area contributed by atoms with Gasteiger partial charge in [0.05, 0.1) is 17.2 Å². The van der Waals surface area contributed by atoms with Gasteiger partial charge in [-0.25, -0.2) is 4.39 Å². The van der Waals surface area contributed by atoms with Crippen molar-refractivity contribution in [3.8, 4) is 5.75 Å². The van der Waals surface area contributed by atoms with Gasteiger partial charge in [-0.2, -0.15) is 0 Å². The van der Waals surface area contributed by atoms with Crippen molar-refractivity contribution in [2.45, 2.75) is 13.5 Å². The van der Waals surface area contributed by atoms with Crippen LogP contribution in [-0.4, -0.2) is 15.8 Å². The summed E-state index contributed by atoms with van der Waals surface area (Å²) in [6, 6.07) is 9.67. The first-order valence-corrected chi connectivity index (χ1v) is 6.76. The van der Waals surface area contributed by atoms with Gasteiger partial charge >= 0.3 is 0 Å². The molecule has 0 aliphatic carbocycles. The zero-order valence-electron chi connectivity index (χ0n) is 11.9. The summed E-state index contributed by atoms with van der Waals surface area (Å²) in [6.07, 6.45) is 3.08. The normalized spacial score (nSPS) is 10.6. The second kappa shape index (κ2) is 5.89. The smallest absolute Gasteiger partial charge is 0.161 e. The SMILES string of the molecule is CC(=O)c1cnc2cc(OCc3cccc(F)c3)cnc2c1. The predicted octanol–water partition coefficient (Wildman–Crippen LogP) is 3.55. The molecule has 0 atom stereocenters. The monoisotopic (exact) mass is 296 g/mol. The fourth-order valence-electron chi connectivity index (χ4n) is 2.05. The molecule has 4 nitrogen and oxygen atoms in total. The lowest BCUT2D eigenvalue weighted by atomic mass is 10.2. The van der Waals surface area contributed by atoms with E-state index in [2.05, 4.69) is 9.97 Å². The predicted molar refractivity (Wildman–Crippen MR) is 80.3 cm³/mol. The summed E-state index contributed by atoms with van der Waals surface area (Å²) in [5, 5.41) is 0. The standard InChI is InChI=1S/C17H13FN2O2/c1-11(21)13-6-16-17(19-8-13)7-15(9-20-16)22-10-12-3-2-4-14(18)5-12/h2-9H,10H2,1H3. The summed E-state index contributed by atoms with van der Waals surface area (Å²) in [4.78, 5) is 19.8. The summed E-state index contributed by atoms with van der Waals surface area (Å²) in [5.74, 6) is 0.193. The van der Waals surface area contributed by atoms with E-state index in [1.807, 2.05) is 0 Å². The first-order chi connectivity index (χ1) is 10.6. The number of hydrogen-bond donors (Lipinski definition) is 0. The van der Waals surface area contributed by atoms with E-state index in [1.54, 1.807) is 30.5 Å². The average Bonchev–Trinajstić information content (AvgIpc) is 2.52. The van der Waals surface area contributed by atoms with Gasteiger partial charge in [-0.05, 0) is 30.7 Å². The topological polar surface area (TPSA) is 52.1 Å². The first kappa shape index (κ1) is 14.1. The highest BCUT2D eigenvalue weighted by Crippen LogP contribution is 2.19. The van der Waals surface area contributed by atoms with Crippen LogP contribution in [0.1, 0.15) is 22.8 Å².